The van der Waals surface area contributed by atoms with Crippen molar-refractivity contribution in [3.8, 4) is 0 Å². The zero-order valence-electron chi connectivity index (χ0n) is 9.26. The van der Waals surface area contributed by atoms with Crippen LogP contribution in [0.4, 0.5) is 4.79 Å². The highest BCUT2D eigenvalue weighted by Crippen LogP contribution is 2.08. The first-order chi connectivity index (χ1) is 8.09. The first-order valence-electron chi connectivity index (χ1n) is 5.27. The van der Waals surface area contributed by atoms with Crippen LogP contribution < -0.4 is 0 Å². The van der Waals surface area contributed by atoms with Crippen LogP contribution in [0.5, 0.6) is 0 Å². The van der Waals surface area contributed by atoms with Gasteiger partial charge in [0.2, 0.25) is 0 Å². The van der Waals surface area contributed by atoms with E-state index in [0.717, 1.165) is 18.4 Å². The van der Waals surface area contributed by atoms with Crippen molar-refractivity contribution >= 4 is 12.1 Å². The zero-order chi connectivity index (χ0) is 12.7. The molecule has 0 saturated carbocycles. The highest BCUT2D eigenvalue weighted by Gasteiger charge is 2.01. The van der Waals surface area contributed by atoms with Crippen molar-refractivity contribution in [2.24, 2.45) is 0 Å². The topological polar surface area (TPSA) is 83.8 Å². The molecule has 0 amide bonds. The maximum absolute atomic E-state index is 10.6. The quantitative estimate of drug-likeness (QED) is 0.587. The number of hydrogen-bond acceptors (Lipinski definition) is 3. The van der Waals surface area contributed by atoms with Crippen molar-refractivity contribution in [3.05, 3.63) is 35.4 Å². The van der Waals surface area contributed by atoms with Gasteiger partial charge in [-0.15, -0.1) is 0 Å². The third-order valence-electron chi connectivity index (χ3n) is 2.29. The predicted molar refractivity (Wildman–Crippen MR) is 60.3 cm³/mol. The van der Waals surface area contributed by atoms with Crippen LogP contribution in [0.2, 0.25) is 0 Å². The summed E-state index contributed by atoms with van der Waals surface area (Å²) >= 11 is 0. The van der Waals surface area contributed by atoms with E-state index >= 15 is 0 Å². The Balaban J connectivity index is 2.27. The van der Waals surface area contributed by atoms with Crippen LogP contribution in [0.1, 0.15) is 28.8 Å². The van der Waals surface area contributed by atoms with Gasteiger partial charge in [0.1, 0.15) is 0 Å². The molecule has 0 fully saturated rings. The Labute approximate surface area is 98.6 Å². The first-order valence-corrected chi connectivity index (χ1v) is 5.27. The second kappa shape index (κ2) is 6.52. The number of carboxylic acids is 1. The zero-order valence-corrected chi connectivity index (χ0v) is 9.26. The van der Waals surface area contributed by atoms with E-state index in [0.29, 0.717) is 6.42 Å². The molecular formula is C12H14O5. The Morgan fingerprint density at radius 3 is 2.24 bits per heavy atom. The van der Waals surface area contributed by atoms with Crippen molar-refractivity contribution in [2.75, 3.05) is 6.61 Å². The summed E-state index contributed by atoms with van der Waals surface area (Å²) in [5.41, 5.74) is 1.30. The van der Waals surface area contributed by atoms with Crippen LogP contribution in [-0.4, -0.2) is 28.9 Å². The maximum atomic E-state index is 10.6. The van der Waals surface area contributed by atoms with E-state index in [1.54, 1.807) is 24.3 Å². The summed E-state index contributed by atoms with van der Waals surface area (Å²) in [4.78, 5) is 20.7. The lowest BCUT2D eigenvalue weighted by molar-refractivity contribution is 0.0696. The second-order valence-corrected chi connectivity index (χ2v) is 3.57. The molecule has 1 rings (SSSR count). The number of carbonyl (C=O) groups is 2. The number of carboxylic acid groups (broad SMARTS) is 2. The van der Waals surface area contributed by atoms with Crippen molar-refractivity contribution in [2.45, 2.75) is 19.3 Å². The first kappa shape index (κ1) is 13.0. The number of benzene rings is 1. The molecule has 0 aliphatic carbocycles. The molecule has 0 unspecified atom stereocenters. The molecule has 5 nitrogen and oxygen atoms in total. The van der Waals surface area contributed by atoms with E-state index in [4.69, 9.17) is 10.2 Å². The lowest BCUT2D eigenvalue weighted by Crippen LogP contribution is -2.02. The summed E-state index contributed by atoms with van der Waals surface area (Å²) in [5.74, 6) is -0.939. The van der Waals surface area contributed by atoms with Crippen LogP contribution in [0, 0.1) is 0 Å². The molecule has 92 valence electrons. The average Bonchev–Trinajstić information content (AvgIpc) is 2.29. The van der Waals surface area contributed by atoms with E-state index in [-0.39, 0.29) is 12.2 Å². The number of hydrogen-bond donors (Lipinski definition) is 2. The van der Waals surface area contributed by atoms with E-state index in [1.165, 1.54) is 0 Å². The highest BCUT2D eigenvalue weighted by molar-refractivity contribution is 5.87. The van der Waals surface area contributed by atoms with Gasteiger partial charge in [0.05, 0.1) is 12.2 Å². The summed E-state index contributed by atoms with van der Waals surface area (Å²) in [7, 11) is 0. The average molecular weight is 238 g/mol. The minimum atomic E-state index is -1.25. The fraction of sp³-hybridized carbons (Fsp3) is 0.333. The summed E-state index contributed by atoms with van der Waals surface area (Å²) in [6.45, 7) is 0.197. The summed E-state index contributed by atoms with van der Waals surface area (Å²) < 4.78 is 4.37. The minimum absolute atomic E-state index is 0.197. The fourth-order valence-electron chi connectivity index (χ4n) is 1.40. The molecule has 5 heteroatoms. The Morgan fingerprint density at radius 1 is 1.06 bits per heavy atom. The molecule has 0 bridgehead atoms. The van der Waals surface area contributed by atoms with Crippen molar-refractivity contribution in [3.63, 3.8) is 0 Å². The summed E-state index contributed by atoms with van der Waals surface area (Å²) in [5, 5.41) is 16.9. The molecule has 0 heterocycles. The summed E-state index contributed by atoms with van der Waals surface area (Å²) in [6, 6.07) is 6.65. The molecule has 0 aliphatic rings. The van der Waals surface area contributed by atoms with E-state index in [9.17, 15) is 9.59 Å². The molecule has 2 N–H and O–H groups in total. The van der Waals surface area contributed by atoms with Crippen LogP contribution in [0.15, 0.2) is 24.3 Å². The van der Waals surface area contributed by atoms with Gasteiger partial charge >= 0.3 is 12.1 Å². The molecule has 1 aromatic rings. The van der Waals surface area contributed by atoms with Crippen molar-refractivity contribution in [1.82, 2.24) is 0 Å². The van der Waals surface area contributed by atoms with Gasteiger partial charge in [0, 0.05) is 0 Å². The van der Waals surface area contributed by atoms with Gasteiger partial charge in [-0.25, -0.2) is 9.59 Å². The van der Waals surface area contributed by atoms with Gasteiger partial charge in [0.15, 0.2) is 0 Å². The molecular weight excluding hydrogens is 224 g/mol. The van der Waals surface area contributed by atoms with Crippen LogP contribution in [-0.2, 0) is 11.2 Å². The minimum Gasteiger partial charge on any atom is -0.478 e. The van der Waals surface area contributed by atoms with Gasteiger partial charge in [-0.2, -0.15) is 0 Å². The number of aryl methyl sites for hydroxylation is 1. The number of rotatable bonds is 6. The normalized spacial score (nSPS) is 9.88. The molecule has 0 aromatic heterocycles. The summed E-state index contributed by atoms with van der Waals surface area (Å²) in [6.07, 6.45) is 0.992. The van der Waals surface area contributed by atoms with Gasteiger partial charge in [-0.05, 0) is 37.0 Å². The van der Waals surface area contributed by atoms with Crippen LogP contribution in [0.25, 0.3) is 0 Å². The van der Waals surface area contributed by atoms with Gasteiger partial charge in [-0.1, -0.05) is 12.1 Å². The lowest BCUT2D eigenvalue weighted by Gasteiger charge is -2.02. The fourth-order valence-corrected chi connectivity index (χ4v) is 1.40. The van der Waals surface area contributed by atoms with Crippen molar-refractivity contribution < 1.29 is 24.5 Å². The van der Waals surface area contributed by atoms with Gasteiger partial charge in [-0.3, -0.25) is 0 Å². The van der Waals surface area contributed by atoms with E-state index < -0.39 is 12.1 Å². The van der Waals surface area contributed by atoms with Crippen molar-refractivity contribution in [1.29, 1.82) is 0 Å². The molecule has 0 spiro atoms. The smallest absolute Gasteiger partial charge is 0.478 e. The Kier molecular flexibility index (Phi) is 5.00. The second-order valence-electron chi connectivity index (χ2n) is 3.57. The SMILES string of the molecule is O=C(O)OCCCCc1ccc(C(=O)O)cc1. The Morgan fingerprint density at radius 2 is 1.71 bits per heavy atom. The molecule has 0 saturated heterocycles. The Bertz CT molecular complexity index is 382. The van der Waals surface area contributed by atoms with Gasteiger partial charge < -0.3 is 14.9 Å². The van der Waals surface area contributed by atoms with Crippen LogP contribution in [0.3, 0.4) is 0 Å². The molecule has 1 aromatic carbocycles. The number of aromatic carboxylic acids is 1. The third-order valence-corrected chi connectivity index (χ3v) is 2.29. The monoisotopic (exact) mass is 238 g/mol. The lowest BCUT2D eigenvalue weighted by atomic mass is 10.1. The van der Waals surface area contributed by atoms with Crippen LogP contribution >= 0.6 is 0 Å². The van der Waals surface area contributed by atoms with E-state index in [2.05, 4.69) is 4.74 Å². The molecule has 0 radical (unpaired) electrons. The maximum Gasteiger partial charge on any atom is 0.505 e. The van der Waals surface area contributed by atoms with Gasteiger partial charge in [0.25, 0.3) is 0 Å². The standard InChI is InChI=1S/C12H14O5/c13-11(14)10-6-4-9(5-7-10)3-1-2-8-17-12(15)16/h4-7H,1-3,8H2,(H,13,14)(H,15,16). The number of unbranched alkanes of at least 4 members (excludes halogenated alkanes) is 1. The third kappa shape index (κ3) is 5.01. The predicted octanol–water partition coefficient (Wildman–Crippen LogP) is 2.40. The molecule has 0 atom stereocenters. The highest BCUT2D eigenvalue weighted by atomic mass is 16.7. The number of ether oxygens (including phenoxy) is 1. The van der Waals surface area contributed by atoms with E-state index in [1.807, 2.05) is 0 Å². The Hall–Kier alpha value is -2.04. The largest absolute Gasteiger partial charge is 0.505 e. The molecule has 17 heavy (non-hydrogen) atoms. The molecule has 0 aliphatic heterocycles.